The third kappa shape index (κ3) is 21.9. The molecule has 124 heavy (non-hydrogen) atoms. The highest BCUT2D eigenvalue weighted by molar-refractivity contribution is 7.92. The van der Waals surface area contributed by atoms with Gasteiger partial charge in [-0.25, -0.2) is 76.2 Å². The van der Waals surface area contributed by atoms with E-state index in [1.807, 2.05) is 67.8 Å². The number of sulfone groups is 4. The van der Waals surface area contributed by atoms with Gasteiger partial charge < -0.3 is 39.2 Å². The van der Waals surface area contributed by atoms with E-state index in [-0.39, 0.29) is 123 Å². The van der Waals surface area contributed by atoms with Crippen LogP contribution in [-0.4, -0.2) is 231 Å². The van der Waals surface area contributed by atoms with Crippen molar-refractivity contribution in [2.24, 2.45) is 23.7 Å². The molecular weight excluding hydrogens is 1670 g/mol. The average molecular weight is 1780 g/mol. The molecule has 18 rings (SSSR count). The van der Waals surface area contributed by atoms with Crippen molar-refractivity contribution in [1.29, 1.82) is 0 Å². The van der Waals surface area contributed by atoms with Crippen LogP contribution < -0.4 is 19.6 Å². The molecule has 0 N–H and O–H groups in total. The van der Waals surface area contributed by atoms with Crippen LogP contribution in [0, 0.1) is 60.8 Å². The van der Waals surface area contributed by atoms with Crippen LogP contribution in [-0.2, 0) is 58.5 Å². The van der Waals surface area contributed by atoms with Crippen LogP contribution in [0.3, 0.4) is 0 Å². The Balaban J connectivity index is 0.000000128. The Bertz CT molecular complexity index is 5400. The summed E-state index contributed by atoms with van der Waals surface area (Å²) < 4.78 is 152. The Morgan fingerprint density at radius 2 is 0.629 bits per heavy atom. The Hall–Kier alpha value is -10.1. The van der Waals surface area contributed by atoms with E-state index in [0.717, 1.165) is 77.0 Å². The molecule has 4 unspecified atom stereocenters. The molecule has 2 saturated carbocycles. The van der Waals surface area contributed by atoms with Gasteiger partial charge in [-0.05, 0) is 151 Å². The molecule has 0 bridgehead atoms. The SMILES string of the molecule is Cc1ccc(N2CCN(C(=O)C3CCS(=O)(=O)CC3)C(c3ccccc3F)C2)cn1.Cc1ccc(N2CCN(C(=O)C3CCS(=O)(=O)CC3)C(c3ccccc3F)C2)nc1.O=C(C1CCS(=O)(=O)CC1)N1CCN(c2cnc(C3CC3)nc2)CC1c1ccc(F)cc1.O=C(C1CCS(=O)(=O)CC1)N1CCN(c2cnc(C3CC3)nc2)CC1c1ccccc1F. The minimum absolute atomic E-state index is 0.00536. The molecule has 34 heteroatoms. The van der Waals surface area contributed by atoms with Gasteiger partial charge in [-0.3, -0.25) is 24.2 Å². The molecule has 2 aliphatic carbocycles. The molecule has 8 saturated heterocycles. The minimum Gasteiger partial charge on any atom is -0.366 e. The van der Waals surface area contributed by atoms with E-state index in [4.69, 9.17) is 0 Å². The molecule has 4 aromatic carbocycles. The second kappa shape index (κ2) is 38.4. The second-order valence-corrected chi connectivity index (χ2v) is 43.5. The lowest BCUT2D eigenvalue weighted by atomic mass is 9.96. The smallest absolute Gasteiger partial charge is 0.226 e. The monoisotopic (exact) mass is 1780 g/mol. The lowest BCUT2D eigenvalue weighted by molar-refractivity contribution is -0.139. The number of hydrogen-bond donors (Lipinski definition) is 0. The second-order valence-electron chi connectivity index (χ2n) is 34.3. The molecule has 10 fully saturated rings. The van der Waals surface area contributed by atoms with E-state index in [9.17, 15) is 70.4 Å². The fraction of sp³-hybridized carbons (Fsp3) is 0.489. The lowest BCUT2D eigenvalue weighted by Crippen LogP contribution is -2.53. The lowest BCUT2D eigenvalue weighted by Gasteiger charge is -2.44. The van der Waals surface area contributed by atoms with Crippen LogP contribution in [0.4, 0.5) is 40.4 Å². The molecule has 660 valence electrons. The predicted molar refractivity (Wildman–Crippen MR) is 464 cm³/mol. The number of nitrogens with zero attached hydrogens (tertiary/aromatic N) is 14. The summed E-state index contributed by atoms with van der Waals surface area (Å²) in [7, 11) is -12.2. The first-order chi connectivity index (χ1) is 59.5. The first-order valence-corrected chi connectivity index (χ1v) is 50.3. The van der Waals surface area contributed by atoms with Gasteiger partial charge in [0.15, 0.2) is 0 Å². The van der Waals surface area contributed by atoms with Gasteiger partial charge >= 0.3 is 0 Å². The van der Waals surface area contributed by atoms with Crippen LogP contribution in [0.1, 0.15) is 158 Å². The third-order valence-electron chi connectivity index (χ3n) is 25.7. The molecule has 10 aliphatic rings. The van der Waals surface area contributed by atoms with Gasteiger partial charge in [0.2, 0.25) is 23.6 Å². The van der Waals surface area contributed by atoms with Gasteiger partial charge in [-0.1, -0.05) is 72.8 Å². The van der Waals surface area contributed by atoms with E-state index < -0.39 is 57.5 Å². The van der Waals surface area contributed by atoms with Gasteiger partial charge in [0.05, 0.1) is 118 Å². The summed E-state index contributed by atoms with van der Waals surface area (Å²) in [6.07, 6.45) is 18.3. The molecule has 26 nitrogen and oxygen atoms in total. The predicted octanol–water partition coefficient (Wildman–Crippen LogP) is 10.9. The number of aryl methyl sites for hydroxylation is 2. The molecule has 8 aromatic rings. The van der Waals surface area contributed by atoms with E-state index in [0.29, 0.717) is 158 Å². The molecule has 4 atom stereocenters. The molecular formula is C90H106F4N14O12S4. The van der Waals surface area contributed by atoms with Crippen LogP contribution in [0.25, 0.3) is 0 Å². The number of rotatable bonds is 14. The largest absolute Gasteiger partial charge is 0.366 e. The Labute approximate surface area is 723 Å². The van der Waals surface area contributed by atoms with Crippen LogP contribution in [0.15, 0.2) is 159 Å². The van der Waals surface area contributed by atoms with Crippen LogP contribution >= 0.6 is 0 Å². The number of benzene rings is 4. The topological polar surface area (TPSA) is 308 Å². The molecule has 0 radical (unpaired) electrons. The van der Waals surface area contributed by atoms with E-state index in [1.165, 1.54) is 30.3 Å². The minimum atomic E-state index is -3.06. The Morgan fingerprint density at radius 3 is 0.952 bits per heavy atom. The fourth-order valence-electron chi connectivity index (χ4n) is 18.0. The first-order valence-electron chi connectivity index (χ1n) is 43.0. The highest BCUT2D eigenvalue weighted by Gasteiger charge is 2.44. The highest BCUT2D eigenvalue weighted by atomic mass is 32.2. The van der Waals surface area contributed by atoms with Crippen molar-refractivity contribution < 1.29 is 70.4 Å². The number of amides is 4. The van der Waals surface area contributed by atoms with Crippen molar-refractivity contribution >= 4 is 85.9 Å². The van der Waals surface area contributed by atoms with Crippen molar-refractivity contribution in [3.63, 3.8) is 0 Å². The molecule has 0 spiro atoms. The standard InChI is InChI=1S/2C23H27FN4O3S.2C22H26FN3O3S/c24-19-5-3-16(4-6-19)21-15-27(20-13-25-22(26-14-20)17-1-2-17)9-10-28(21)23(29)18-7-11-32(30,31)12-8-18;24-20-4-2-1-3-19(20)21-15-27(18-13-25-22(26-14-18)16-5-6-16)9-10-28(21)23(29)17-7-11-32(30,31)12-8-17;1-16-6-7-18(14-24-16)25-10-11-26(21(15-25)19-4-2-3-5-20(19)23)22(27)17-8-12-30(28,29)13-9-17;1-16-6-7-21(24-14-16)25-10-11-26(20(15-25)18-4-2-3-5-19(18)23)22(27)17-8-12-30(28,29)13-9-17/h3-6,13-14,17-18,21H,1-2,7-12,15H2;1-4,13-14,16-17,21H,5-12,15H2;2-7,14,17,21H,8-13,15H2,1H3;2-7,14,17,20H,8-13,15H2,1H3. The summed E-state index contributed by atoms with van der Waals surface area (Å²) in [5.74, 6) is 1.09. The number of anilines is 4. The fourth-order valence-corrected chi connectivity index (χ4v) is 23.9. The number of carbonyl (C=O) groups is 4. The maximum absolute atomic E-state index is 14.8. The van der Waals surface area contributed by atoms with Gasteiger partial charge in [0.1, 0.15) is 80.1 Å². The van der Waals surface area contributed by atoms with Crippen molar-refractivity contribution in [3.05, 3.63) is 227 Å². The maximum Gasteiger partial charge on any atom is 0.226 e. The van der Waals surface area contributed by atoms with E-state index >= 15 is 0 Å². The molecule has 12 heterocycles. The summed E-state index contributed by atoms with van der Waals surface area (Å²) in [5, 5.41) is 0. The molecule has 4 aromatic heterocycles. The van der Waals surface area contributed by atoms with Crippen molar-refractivity contribution in [3.8, 4) is 0 Å². The summed E-state index contributed by atoms with van der Waals surface area (Å²) in [6, 6.07) is 32.2. The van der Waals surface area contributed by atoms with Crippen LogP contribution in [0.2, 0.25) is 0 Å². The number of pyridine rings is 2. The quantitative estimate of drug-likeness (QED) is 0.0913. The van der Waals surface area contributed by atoms with Crippen molar-refractivity contribution in [2.45, 2.75) is 127 Å². The zero-order valence-electron chi connectivity index (χ0n) is 69.7. The van der Waals surface area contributed by atoms with Crippen molar-refractivity contribution in [1.82, 2.24) is 49.5 Å². The summed E-state index contributed by atoms with van der Waals surface area (Å²) in [5.41, 5.74) is 7.01. The normalized spacial score (nSPS) is 23.0. The Kier molecular flexibility index (Phi) is 27.5. The van der Waals surface area contributed by atoms with Gasteiger partial charge in [0, 0.05) is 143 Å². The Morgan fingerprint density at radius 1 is 0.315 bits per heavy atom. The summed E-state index contributed by atoms with van der Waals surface area (Å²) in [4.78, 5) is 95.9. The molecule has 4 amide bonds. The number of aromatic nitrogens is 6. The van der Waals surface area contributed by atoms with E-state index in [2.05, 4.69) is 49.5 Å². The average Bonchev–Trinajstić information content (AvgIpc) is 1.29. The maximum atomic E-state index is 14.8. The zero-order chi connectivity index (χ0) is 87.2. The van der Waals surface area contributed by atoms with Gasteiger partial charge in [-0.2, -0.15) is 0 Å². The summed E-state index contributed by atoms with van der Waals surface area (Å²) in [6.45, 7) is 10.1. The zero-order valence-corrected chi connectivity index (χ0v) is 73.0. The molecule has 8 aliphatic heterocycles. The van der Waals surface area contributed by atoms with Crippen molar-refractivity contribution in [2.75, 3.05) is 144 Å². The number of piperazine rings is 4. The van der Waals surface area contributed by atoms with Gasteiger partial charge in [-0.15, -0.1) is 0 Å². The summed E-state index contributed by atoms with van der Waals surface area (Å²) >= 11 is 0. The number of hydrogen-bond acceptors (Lipinski definition) is 22. The third-order valence-corrected chi connectivity index (χ3v) is 32.6. The van der Waals surface area contributed by atoms with E-state index in [1.54, 1.807) is 93.8 Å². The number of carbonyl (C=O) groups excluding carboxylic acids is 4. The van der Waals surface area contributed by atoms with Gasteiger partial charge in [0.25, 0.3) is 0 Å². The van der Waals surface area contributed by atoms with Crippen LogP contribution in [0.5, 0.6) is 0 Å². The highest BCUT2D eigenvalue weighted by Crippen LogP contribution is 2.42. The number of halogens is 4. The first kappa shape index (κ1) is 88.8.